The minimum atomic E-state index is -4.23. The van der Waals surface area contributed by atoms with Crippen molar-refractivity contribution in [2.45, 2.75) is 50.7 Å². The molecule has 1 saturated carbocycles. The highest BCUT2D eigenvalue weighted by molar-refractivity contribution is 5.79. The van der Waals surface area contributed by atoms with E-state index in [4.69, 9.17) is 14.2 Å². The number of alkyl halides is 3. The Morgan fingerprint density at radius 3 is 2.72 bits per heavy atom. The number of pyridine rings is 1. The molecule has 11 heteroatoms. The Labute approximate surface area is 208 Å². The first kappa shape index (κ1) is 26.4. The maximum atomic E-state index is 12.7. The van der Waals surface area contributed by atoms with E-state index in [2.05, 4.69) is 15.0 Å². The molecular formula is C25H33F3N4O4. The van der Waals surface area contributed by atoms with Gasteiger partial charge in [-0.1, -0.05) is 12.8 Å². The number of halogens is 3. The fourth-order valence-electron chi connectivity index (χ4n) is 4.90. The van der Waals surface area contributed by atoms with Gasteiger partial charge >= 0.3 is 6.18 Å². The lowest BCUT2D eigenvalue weighted by atomic mass is 9.78. The third-order valence-corrected chi connectivity index (χ3v) is 6.86. The monoisotopic (exact) mass is 510 g/mol. The Morgan fingerprint density at radius 2 is 1.94 bits per heavy atom. The summed E-state index contributed by atoms with van der Waals surface area (Å²) < 4.78 is 56.8. The predicted molar refractivity (Wildman–Crippen MR) is 125 cm³/mol. The molecule has 1 saturated heterocycles. The fraction of sp³-hybridized carbons (Fsp3) is 0.640. The summed E-state index contributed by atoms with van der Waals surface area (Å²) in [6.45, 7) is 4.54. The molecule has 8 nitrogen and oxygen atoms in total. The van der Waals surface area contributed by atoms with Crippen molar-refractivity contribution in [2.24, 2.45) is 5.92 Å². The number of aldehydes is 1. The molecule has 3 heterocycles. The van der Waals surface area contributed by atoms with E-state index in [0.29, 0.717) is 30.4 Å². The Kier molecular flexibility index (Phi) is 9.19. The second kappa shape index (κ2) is 12.5. The van der Waals surface area contributed by atoms with Crippen LogP contribution in [-0.4, -0.2) is 78.2 Å². The summed E-state index contributed by atoms with van der Waals surface area (Å²) in [7, 11) is 0. The number of morpholine rings is 1. The van der Waals surface area contributed by atoms with Gasteiger partial charge in [0.2, 0.25) is 5.88 Å². The molecule has 0 aromatic carbocycles. The second-order valence-electron chi connectivity index (χ2n) is 9.29. The average Bonchev–Trinajstić information content (AvgIpc) is 3.35. The summed E-state index contributed by atoms with van der Waals surface area (Å²) in [4.78, 5) is 18.3. The second-order valence-corrected chi connectivity index (χ2v) is 9.29. The molecule has 2 fully saturated rings. The zero-order valence-electron chi connectivity index (χ0n) is 20.3. The Balaban J connectivity index is 1.34. The molecule has 2 aromatic heterocycles. The first-order chi connectivity index (χ1) is 17.4. The summed E-state index contributed by atoms with van der Waals surface area (Å²) in [6.07, 6.45) is 2.42. The molecule has 0 N–H and O–H groups in total. The number of aryl methyl sites for hydroxylation is 1. The summed E-state index contributed by atoms with van der Waals surface area (Å²) in [5, 5.41) is 4.13. The molecule has 198 valence electrons. The van der Waals surface area contributed by atoms with E-state index in [1.807, 2.05) is 0 Å². The summed E-state index contributed by atoms with van der Waals surface area (Å²) in [5.74, 6) is 0.885. The summed E-state index contributed by atoms with van der Waals surface area (Å²) >= 11 is 0. The molecular weight excluding hydrogens is 477 g/mol. The van der Waals surface area contributed by atoms with Gasteiger partial charge < -0.3 is 14.2 Å². The average molecular weight is 511 g/mol. The van der Waals surface area contributed by atoms with Gasteiger partial charge in [-0.15, -0.1) is 0 Å². The van der Waals surface area contributed by atoms with E-state index in [0.717, 1.165) is 70.5 Å². The maximum absolute atomic E-state index is 12.7. The van der Waals surface area contributed by atoms with Crippen molar-refractivity contribution >= 4 is 6.29 Å². The zero-order valence-corrected chi connectivity index (χ0v) is 20.3. The van der Waals surface area contributed by atoms with Gasteiger partial charge in [-0.05, 0) is 18.9 Å². The zero-order chi connectivity index (χ0) is 25.4. The molecule has 0 spiro atoms. The molecule has 2 atom stereocenters. The number of hydrogen-bond donors (Lipinski definition) is 0. The van der Waals surface area contributed by atoms with Crippen molar-refractivity contribution in [1.29, 1.82) is 0 Å². The quantitative estimate of drug-likeness (QED) is 0.421. The minimum Gasteiger partial charge on any atom is -0.491 e. The van der Waals surface area contributed by atoms with Crippen LogP contribution in [-0.2, 0) is 11.3 Å². The molecule has 0 bridgehead atoms. The lowest BCUT2D eigenvalue weighted by Gasteiger charge is -2.32. The smallest absolute Gasteiger partial charge is 0.390 e. The van der Waals surface area contributed by atoms with Gasteiger partial charge in [-0.3, -0.25) is 14.4 Å². The van der Waals surface area contributed by atoms with Crippen LogP contribution in [0.5, 0.6) is 11.6 Å². The van der Waals surface area contributed by atoms with E-state index in [9.17, 15) is 18.0 Å². The van der Waals surface area contributed by atoms with Crippen molar-refractivity contribution < 1.29 is 32.2 Å². The molecule has 0 radical (unpaired) electrons. The van der Waals surface area contributed by atoms with Crippen LogP contribution in [0.1, 0.15) is 54.1 Å². The molecule has 36 heavy (non-hydrogen) atoms. The van der Waals surface area contributed by atoms with Gasteiger partial charge in [0.05, 0.1) is 38.0 Å². The third kappa shape index (κ3) is 7.42. The van der Waals surface area contributed by atoms with E-state index in [-0.39, 0.29) is 18.4 Å². The first-order valence-electron chi connectivity index (χ1n) is 12.5. The van der Waals surface area contributed by atoms with Crippen LogP contribution in [0.25, 0.3) is 0 Å². The Bertz CT molecular complexity index is 978. The van der Waals surface area contributed by atoms with Crippen LogP contribution in [0, 0.1) is 5.92 Å². The molecule has 2 unspecified atom stereocenters. The number of rotatable bonds is 11. The van der Waals surface area contributed by atoms with Crippen molar-refractivity contribution in [1.82, 2.24) is 19.7 Å². The maximum Gasteiger partial charge on any atom is 0.390 e. The van der Waals surface area contributed by atoms with Crippen LogP contribution in [0.2, 0.25) is 0 Å². The number of hydrogen-bond acceptors (Lipinski definition) is 7. The largest absolute Gasteiger partial charge is 0.491 e. The van der Waals surface area contributed by atoms with E-state index < -0.39 is 12.6 Å². The van der Waals surface area contributed by atoms with Crippen LogP contribution in [0.15, 0.2) is 24.5 Å². The number of carbonyl (C=O) groups excluding carboxylic acids is 1. The van der Waals surface area contributed by atoms with Crippen LogP contribution >= 0.6 is 0 Å². The lowest BCUT2D eigenvalue weighted by molar-refractivity contribution is -0.137. The third-order valence-electron chi connectivity index (χ3n) is 6.86. The highest BCUT2D eigenvalue weighted by Gasteiger charge is 2.32. The number of aromatic nitrogens is 3. The van der Waals surface area contributed by atoms with E-state index in [1.54, 1.807) is 18.3 Å². The van der Waals surface area contributed by atoms with Gasteiger partial charge in [-0.2, -0.15) is 18.3 Å². The normalized spacial score (nSPS) is 21.3. The van der Waals surface area contributed by atoms with Gasteiger partial charge in [-0.25, -0.2) is 4.98 Å². The van der Waals surface area contributed by atoms with Gasteiger partial charge in [0.15, 0.2) is 6.29 Å². The Morgan fingerprint density at radius 1 is 1.14 bits per heavy atom. The van der Waals surface area contributed by atoms with Crippen molar-refractivity contribution in [2.75, 3.05) is 46.1 Å². The highest BCUT2D eigenvalue weighted by Crippen LogP contribution is 2.38. The number of ether oxygens (including phenoxy) is 3. The Hall–Kier alpha value is -2.66. The van der Waals surface area contributed by atoms with Gasteiger partial charge in [0.1, 0.15) is 12.4 Å². The standard InChI is InChI=1S/C25H33F3N4O4/c26-25(27,28)6-8-32-22(5-7-30-32)21-4-2-1-3-19(21)18-36-23-16-29-24(15-20(23)17-33)35-14-11-31-9-12-34-13-10-31/h5,7,15-17,19,21H,1-4,6,8-14,18H2. The highest BCUT2D eigenvalue weighted by atomic mass is 19.4. The van der Waals surface area contributed by atoms with Crippen molar-refractivity contribution in [3.8, 4) is 11.6 Å². The van der Waals surface area contributed by atoms with Gasteiger partial charge in [0.25, 0.3) is 0 Å². The van der Waals surface area contributed by atoms with E-state index in [1.165, 1.54) is 10.9 Å². The predicted octanol–water partition coefficient (Wildman–Crippen LogP) is 4.11. The van der Waals surface area contributed by atoms with Crippen molar-refractivity contribution in [3.63, 3.8) is 0 Å². The molecule has 1 aliphatic heterocycles. The van der Waals surface area contributed by atoms with Crippen LogP contribution < -0.4 is 9.47 Å². The lowest BCUT2D eigenvalue weighted by Crippen LogP contribution is -2.38. The first-order valence-corrected chi connectivity index (χ1v) is 12.5. The molecule has 0 amide bonds. The minimum absolute atomic E-state index is 0.0462. The molecule has 1 aliphatic carbocycles. The number of carbonyl (C=O) groups is 1. The summed E-state index contributed by atoms with van der Waals surface area (Å²) in [5.41, 5.74) is 1.17. The SMILES string of the molecule is O=Cc1cc(OCCN2CCOCC2)ncc1OCC1CCCCC1c1ccnn1CCC(F)(F)F. The van der Waals surface area contributed by atoms with Gasteiger partial charge in [0, 0.05) is 56.0 Å². The fourth-order valence-corrected chi connectivity index (χ4v) is 4.90. The summed E-state index contributed by atoms with van der Waals surface area (Å²) in [6, 6.07) is 3.38. The van der Waals surface area contributed by atoms with Crippen LogP contribution in [0.3, 0.4) is 0 Å². The topological polar surface area (TPSA) is 78.7 Å². The molecule has 2 aromatic rings. The number of nitrogens with zero attached hydrogens (tertiary/aromatic N) is 4. The van der Waals surface area contributed by atoms with Crippen LogP contribution in [0.4, 0.5) is 13.2 Å². The molecule has 4 rings (SSSR count). The molecule has 2 aliphatic rings. The van der Waals surface area contributed by atoms with Crippen molar-refractivity contribution in [3.05, 3.63) is 35.8 Å². The van der Waals surface area contributed by atoms with E-state index >= 15 is 0 Å².